The molecule has 0 heterocycles. The molecule has 0 aliphatic heterocycles. The van der Waals surface area contributed by atoms with Crippen molar-refractivity contribution in [2.24, 2.45) is 0 Å². The molecule has 77 heavy (non-hydrogen) atoms. The molecule has 9 nitrogen and oxygen atoms in total. The summed E-state index contributed by atoms with van der Waals surface area (Å²) in [6.45, 7) is 4.67. The first-order chi connectivity index (χ1) is 37.6. The molecule has 0 aromatic rings. The Kier molecular flexibility index (Phi) is 54.6. The number of quaternary nitrogens is 1. The van der Waals surface area contributed by atoms with Crippen LogP contribution in [-0.2, 0) is 33.3 Å². The zero-order valence-corrected chi connectivity index (χ0v) is 49.8. The highest BCUT2D eigenvalue weighted by Gasteiger charge is 2.25. The van der Waals surface area contributed by atoms with Gasteiger partial charge in [-0.05, 0) is 103 Å². The standard InChI is InChI=1S/C68H113NO8/c1-6-8-10-12-14-16-18-20-21-22-23-24-25-26-27-28-29-30-31-32-33-34-35-36-37-38-39-40-41-42-43-44-45-47-49-51-53-55-57-59-66(71)77-64(63-76-68(67(72)73)74-61-60-69(3,4)5)62-75-65(70)58-56-54-52-50-48-46-19-17-15-13-11-9-7-2/h8,10-11,13-14,16-17,19-21,23-24,26-27,29-30,32-33,35-36,64,68H,6-7,9,12,15,18,22,25,28,31,34,37-63H2,1-5H3/p+1/b10-8-,13-11-,16-14-,19-17-,21-20-,24-23-,27-26-,30-29-,33-32-,36-35-. The molecule has 0 aliphatic rings. The Morgan fingerprint density at radius 1 is 0.403 bits per heavy atom. The highest BCUT2D eigenvalue weighted by atomic mass is 16.7. The number of nitrogens with zero attached hydrogens (tertiary/aromatic N) is 1. The fraction of sp³-hybridized carbons (Fsp3) is 0.662. The minimum absolute atomic E-state index is 0.181. The maximum Gasteiger partial charge on any atom is 0.361 e. The third kappa shape index (κ3) is 59.2. The topological polar surface area (TPSA) is 108 Å². The van der Waals surface area contributed by atoms with Crippen molar-refractivity contribution in [1.29, 1.82) is 0 Å². The summed E-state index contributed by atoms with van der Waals surface area (Å²) >= 11 is 0. The lowest BCUT2D eigenvalue weighted by molar-refractivity contribution is -0.870. The number of aliphatic carboxylic acids is 1. The quantitative estimate of drug-likeness (QED) is 0.0211. The van der Waals surface area contributed by atoms with E-state index in [4.69, 9.17) is 18.9 Å². The number of unbranched alkanes of at least 4 members (excludes halogenated alkanes) is 20. The van der Waals surface area contributed by atoms with Crippen LogP contribution >= 0.6 is 0 Å². The summed E-state index contributed by atoms with van der Waals surface area (Å²) in [7, 11) is 5.96. The number of carboxylic acid groups (broad SMARTS) is 1. The molecule has 438 valence electrons. The van der Waals surface area contributed by atoms with Gasteiger partial charge in [0.25, 0.3) is 6.29 Å². The molecule has 0 saturated carbocycles. The number of rotatable bonds is 55. The lowest BCUT2D eigenvalue weighted by Gasteiger charge is -2.25. The van der Waals surface area contributed by atoms with Crippen LogP contribution in [0.2, 0.25) is 0 Å². The number of ether oxygens (including phenoxy) is 4. The molecule has 0 aliphatic carbocycles. The normalized spacial score (nSPS) is 13.6. The van der Waals surface area contributed by atoms with Gasteiger partial charge in [-0.2, -0.15) is 0 Å². The van der Waals surface area contributed by atoms with Gasteiger partial charge in [-0.1, -0.05) is 238 Å². The second-order valence-electron chi connectivity index (χ2n) is 21.3. The van der Waals surface area contributed by atoms with E-state index in [0.717, 1.165) is 122 Å². The van der Waals surface area contributed by atoms with Crippen LogP contribution in [0.4, 0.5) is 0 Å². The maximum atomic E-state index is 12.9. The van der Waals surface area contributed by atoms with Crippen molar-refractivity contribution in [1.82, 2.24) is 0 Å². The van der Waals surface area contributed by atoms with E-state index in [2.05, 4.69) is 135 Å². The number of carbonyl (C=O) groups excluding carboxylic acids is 2. The van der Waals surface area contributed by atoms with E-state index in [1.54, 1.807) is 0 Å². The molecule has 0 aromatic heterocycles. The molecule has 0 fully saturated rings. The van der Waals surface area contributed by atoms with Crippen molar-refractivity contribution >= 4 is 17.9 Å². The Labute approximate surface area is 472 Å². The number of hydrogen-bond donors (Lipinski definition) is 1. The third-order valence-electron chi connectivity index (χ3n) is 12.7. The average Bonchev–Trinajstić information content (AvgIpc) is 3.40. The van der Waals surface area contributed by atoms with Crippen molar-refractivity contribution in [3.63, 3.8) is 0 Å². The molecular formula is C68H114NO8+. The van der Waals surface area contributed by atoms with Crippen molar-refractivity contribution in [2.45, 2.75) is 245 Å². The van der Waals surface area contributed by atoms with Crippen LogP contribution in [0.5, 0.6) is 0 Å². The maximum absolute atomic E-state index is 12.9. The van der Waals surface area contributed by atoms with Gasteiger partial charge in [-0.3, -0.25) is 9.59 Å². The van der Waals surface area contributed by atoms with Gasteiger partial charge >= 0.3 is 17.9 Å². The van der Waals surface area contributed by atoms with Gasteiger partial charge in [0.05, 0.1) is 34.4 Å². The lowest BCUT2D eigenvalue weighted by Crippen LogP contribution is -2.40. The minimum Gasteiger partial charge on any atom is -0.477 e. The van der Waals surface area contributed by atoms with Crippen LogP contribution in [0.25, 0.3) is 0 Å². The molecule has 0 bridgehead atoms. The first-order valence-corrected chi connectivity index (χ1v) is 30.7. The van der Waals surface area contributed by atoms with E-state index in [1.807, 2.05) is 21.1 Å². The Balaban J connectivity index is 4.08. The molecule has 9 heteroatoms. The molecular weight excluding hydrogens is 959 g/mol. The highest BCUT2D eigenvalue weighted by molar-refractivity contribution is 5.71. The predicted octanol–water partition coefficient (Wildman–Crippen LogP) is 18.5. The number of hydrogen-bond acceptors (Lipinski definition) is 7. The van der Waals surface area contributed by atoms with Crippen LogP contribution in [0.1, 0.15) is 232 Å². The van der Waals surface area contributed by atoms with Gasteiger partial charge in [-0.25, -0.2) is 4.79 Å². The van der Waals surface area contributed by atoms with E-state index in [-0.39, 0.29) is 38.6 Å². The zero-order valence-electron chi connectivity index (χ0n) is 49.8. The SMILES string of the molecule is CC/C=C\C/C=C\C/C=C\C/C=C\C/C=C\C/C=C\C/C=C\C/C=C\CCCCCCCCCCCCCCCCC(=O)OC(COC(=O)CCCCCCC/C=C\C/C=C\CCC)COC(OCC[N+](C)(C)C)C(=O)O. The number of likely N-dealkylation sites (N-methyl/N-ethyl adjacent to an activating group) is 1. The largest absolute Gasteiger partial charge is 0.477 e. The summed E-state index contributed by atoms with van der Waals surface area (Å²) in [5.74, 6) is -2.03. The van der Waals surface area contributed by atoms with E-state index >= 15 is 0 Å². The predicted molar refractivity (Wildman–Crippen MR) is 327 cm³/mol. The van der Waals surface area contributed by atoms with Gasteiger partial charge in [0.2, 0.25) is 0 Å². The summed E-state index contributed by atoms with van der Waals surface area (Å²) < 4.78 is 22.8. The molecule has 0 rings (SSSR count). The number of carbonyl (C=O) groups is 3. The van der Waals surface area contributed by atoms with Gasteiger partial charge in [-0.15, -0.1) is 0 Å². The number of esters is 2. The monoisotopic (exact) mass is 1070 g/mol. The molecule has 0 radical (unpaired) electrons. The van der Waals surface area contributed by atoms with Crippen molar-refractivity contribution < 1.29 is 42.9 Å². The Bertz CT molecular complexity index is 1670. The molecule has 0 spiro atoms. The summed E-state index contributed by atoms with van der Waals surface area (Å²) in [6, 6.07) is 0. The highest BCUT2D eigenvalue weighted by Crippen LogP contribution is 2.16. The van der Waals surface area contributed by atoms with E-state index in [0.29, 0.717) is 17.4 Å². The first kappa shape index (κ1) is 72.7. The molecule has 2 atom stereocenters. The van der Waals surface area contributed by atoms with Crippen LogP contribution in [0.3, 0.4) is 0 Å². The second-order valence-corrected chi connectivity index (χ2v) is 21.3. The third-order valence-corrected chi connectivity index (χ3v) is 12.7. The van der Waals surface area contributed by atoms with Crippen molar-refractivity contribution in [3.05, 3.63) is 122 Å². The summed E-state index contributed by atoms with van der Waals surface area (Å²) in [5.41, 5.74) is 0. The molecule has 0 aromatic carbocycles. The van der Waals surface area contributed by atoms with Crippen LogP contribution in [-0.4, -0.2) is 87.4 Å². The average molecular weight is 1070 g/mol. The number of allylic oxidation sites excluding steroid dienone is 20. The molecule has 1 N–H and O–H groups in total. The van der Waals surface area contributed by atoms with Gasteiger partial charge in [0.1, 0.15) is 13.2 Å². The Morgan fingerprint density at radius 3 is 1.10 bits per heavy atom. The van der Waals surface area contributed by atoms with Crippen LogP contribution in [0.15, 0.2) is 122 Å². The Morgan fingerprint density at radius 2 is 0.740 bits per heavy atom. The summed E-state index contributed by atoms with van der Waals surface area (Å²) in [5, 5.41) is 9.69. The van der Waals surface area contributed by atoms with Crippen LogP contribution < -0.4 is 0 Å². The van der Waals surface area contributed by atoms with Crippen molar-refractivity contribution in [3.8, 4) is 0 Å². The smallest absolute Gasteiger partial charge is 0.361 e. The Hall–Kier alpha value is -4.31. The second kappa shape index (κ2) is 57.9. The van der Waals surface area contributed by atoms with E-state index in [9.17, 15) is 19.5 Å². The summed E-state index contributed by atoms with van der Waals surface area (Å²) in [4.78, 5) is 37.4. The van der Waals surface area contributed by atoms with Gasteiger partial charge < -0.3 is 28.5 Å². The van der Waals surface area contributed by atoms with Gasteiger partial charge in [0.15, 0.2) is 6.10 Å². The summed E-state index contributed by atoms with van der Waals surface area (Å²) in [6.07, 6.45) is 78.7. The number of carboxylic acids is 1. The van der Waals surface area contributed by atoms with Gasteiger partial charge in [0, 0.05) is 12.8 Å². The fourth-order valence-electron chi connectivity index (χ4n) is 8.01. The molecule has 0 amide bonds. The fourth-order valence-corrected chi connectivity index (χ4v) is 8.01. The molecule has 2 unspecified atom stereocenters. The van der Waals surface area contributed by atoms with Crippen molar-refractivity contribution in [2.75, 3.05) is 47.5 Å². The van der Waals surface area contributed by atoms with E-state index in [1.165, 1.54) is 77.0 Å². The minimum atomic E-state index is -1.52. The van der Waals surface area contributed by atoms with Crippen LogP contribution in [0, 0.1) is 0 Å². The first-order valence-electron chi connectivity index (χ1n) is 30.7. The van der Waals surface area contributed by atoms with E-state index < -0.39 is 24.3 Å². The molecule has 0 saturated heterocycles. The lowest BCUT2D eigenvalue weighted by atomic mass is 10.0. The zero-order chi connectivity index (χ0) is 56.2.